The maximum absolute atomic E-state index is 2.63. The zero-order chi connectivity index (χ0) is 41.1. The highest BCUT2D eigenvalue weighted by Gasteiger charge is 2.30. The molecule has 0 unspecified atom stereocenters. The Morgan fingerprint density at radius 3 is 1.38 bits per heavy atom. The SMILES string of the molecule is CC(C)(C)c1ccc2c(c1)c1c3ccccc3cc3c4c5c6cc7ccccc7c7c8cc(C(C)(C)C)cc(N(c9ccccc9)c9ccccc9)c8n(c5ccc4n2c31)c67. The number of aromatic nitrogens is 2. The molecule has 0 aliphatic rings. The molecule has 0 saturated carbocycles. The van der Waals surface area contributed by atoms with Crippen molar-refractivity contribution in [1.29, 1.82) is 0 Å². The summed E-state index contributed by atoms with van der Waals surface area (Å²) in [4.78, 5) is 2.48. The van der Waals surface area contributed by atoms with Gasteiger partial charge in [0.2, 0.25) is 0 Å². The third-order valence-electron chi connectivity index (χ3n) is 13.8. The molecule has 3 nitrogen and oxygen atoms in total. The minimum atomic E-state index is -0.0853. The number of benzene rings is 9. The first-order valence-corrected chi connectivity index (χ1v) is 21.7. The van der Waals surface area contributed by atoms with Crippen molar-refractivity contribution in [3.8, 4) is 0 Å². The summed E-state index contributed by atoms with van der Waals surface area (Å²) in [5, 5.41) is 15.7. The maximum atomic E-state index is 2.63. The van der Waals surface area contributed by atoms with Gasteiger partial charge < -0.3 is 13.7 Å². The average molecular weight is 784 g/mol. The van der Waals surface area contributed by atoms with Crippen LogP contribution in [0.5, 0.6) is 0 Å². The molecule has 13 aromatic rings. The fourth-order valence-electron chi connectivity index (χ4n) is 10.9. The van der Waals surface area contributed by atoms with E-state index in [1.165, 1.54) is 115 Å². The van der Waals surface area contributed by atoms with Crippen molar-refractivity contribution in [3.05, 3.63) is 175 Å². The number of hydrogen-bond acceptors (Lipinski definition) is 1. The molecular formula is C58H45N3. The second-order valence-electron chi connectivity index (χ2n) is 19.4. The summed E-state index contributed by atoms with van der Waals surface area (Å²) in [6.07, 6.45) is 0. The molecule has 0 atom stereocenters. The van der Waals surface area contributed by atoms with Crippen LogP contribution in [-0.2, 0) is 10.8 Å². The highest BCUT2D eigenvalue weighted by molar-refractivity contribution is 6.40. The van der Waals surface area contributed by atoms with Crippen molar-refractivity contribution in [2.24, 2.45) is 0 Å². The van der Waals surface area contributed by atoms with Crippen molar-refractivity contribution in [2.75, 3.05) is 4.90 Å². The van der Waals surface area contributed by atoms with E-state index in [2.05, 4.69) is 219 Å². The van der Waals surface area contributed by atoms with Gasteiger partial charge in [0.15, 0.2) is 0 Å². The van der Waals surface area contributed by atoms with Gasteiger partial charge in [0.05, 0.1) is 38.8 Å². The molecule has 4 heterocycles. The largest absolute Gasteiger partial charge is 0.308 e. The fourth-order valence-corrected chi connectivity index (χ4v) is 10.9. The summed E-state index contributed by atoms with van der Waals surface area (Å²) in [5.41, 5.74) is 13.7. The molecule has 0 saturated heterocycles. The third-order valence-corrected chi connectivity index (χ3v) is 13.8. The standard InChI is InChI=1S/C58H45N3/c1-57(2,3)36-25-26-46-42(31-36)50-40-23-15-13-17-34(40)29-43-52-47(60(46)55(43)50)27-28-48-53(52)44-30-35-18-14-16-24-41(35)51-45-32-37(58(4,5)6)33-49(54(45)61(48)56(44)51)59(38-19-9-7-10-20-38)39-21-11-8-12-22-39/h7-33H,1-6H3. The van der Waals surface area contributed by atoms with Crippen LogP contribution in [0.1, 0.15) is 52.7 Å². The third kappa shape index (κ3) is 4.58. The Balaban J connectivity index is 1.28. The van der Waals surface area contributed by atoms with E-state index in [1.54, 1.807) is 0 Å². The summed E-state index contributed by atoms with van der Waals surface area (Å²) in [7, 11) is 0. The molecule has 0 N–H and O–H groups in total. The maximum Gasteiger partial charge on any atom is 0.0783 e. The van der Waals surface area contributed by atoms with Gasteiger partial charge in [0.25, 0.3) is 0 Å². The lowest BCUT2D eigenvalue weighted by Gasteiger charge is -2.29. The van der Waals surface area contributed by atoms with Crippen molar-refractivity contribution in [3.63, 3.8) is 0 Å². The van der Waals surface area contributed by atoms with E-state index in [1.807, 2.05) is 0 Å². The van der Waals surface area contributed by atoms with E-state index in [9.17, 15) is 0 Å². The molecule has 0 radical (unpaired) electrons. The van der Waals surface area contributed by atoms with Crippen LogP contribution in [-0.4, -0.2) is 8.80 Å². The smallest absolute Gasteiger partial charge is 0.0783 e. The van der Waals surface area contributed by atoms with Gasteiger partial charge >= 0.3 is 0 Å². The van der Waals surface area contributed by atoms with Gasteiger partial charge in [-0.25, -0.2) is 0 Å². The molecule has 0 aliphatic carbocycles. The molecule has 0 fully saturated rings. The Labute approximate surface area is 354 Å². The number of para-hydroxylation sites is 2. The van der Waals surface area contributed by atoms with Crippen molar-refractivity contribution in [2.45, 2.75) is 52.4 Å². The Morgan fingerprint density at radius 2 is 0.803 bits per heavy atom. The molecule has 13 rings (SSSR count). The van der Waals surface area contributed by atoms with E-state index >= 15 is 0 Å². The second kappa shape index (κ2) is 11.8. The first kappa shape index (κ1) is 34.7. The van der Waals surface area contributed by atoms with Crippen LogP contribution in [0.2, 0.25) is 0 Å². The number of hydrogen-bond donors (Lipinski definition) is 0. The predicted molar refractivity (Wildman–Crippen MR) is 263 cm³/mol. The van der Waals surface area contributed by atoms with E-state index < -0.39 is 0 Å². The lowest BCUT2D eigenvalue weighted by molar-refractivity contribution is 0.591. The molecule has 0 spiro atoms. The van der Waals surface area contributed by atoms with Gasteiger partial charge in [-0.1, -0.05) is 133 Å². The van der Waals surface area contributed by atoms with E-state index in [0.717, 1.165) is 11.4 Å². The molecular weight excluding hydrogens is 739 g/mol. The molecule has 0 amide bonds. The second-order valence-corrected chi connectivity index (χ2v) is 19.4. The van der Waals surface area contributed by atoms with Crippen LogP contribution in [0.4, 0.5) is 17.1 Å². The fraction of sp³-hybridized carbons (Fsp3) is 0.138. The summed E-state index contributed by atoms with van der Waals surface area (Å²) < 4.78 is 5.20. The summed E-state index contributed by atoms with van der Waals surface area (Å²) in [6.45, 7) is 14.0. The van der Waals surface area contributed by atoms with Crippen LogP contribution in [0.25, 0.3) is 97.7 Å². The van der Waals surface area contributed by atoms with E-state index in [4.69, 9.17) is 0 Å². The lowest BCUT2D eigenvalue weighted by atomic mass is 9.85. The topological polar surface area (TPSA) is 12.1 Å². The zero-order valence-corrected chi connectivity index (χ0v) is 35.4. The highest BCUT2D eigenvalue weighted by atomic mass is 15.2. The molecule has 4 aromatic heterocycles. The molecule has 9 aromatic carbocycles. The Hall–Kier alpha value is -7.10. The van der Waals surface area contributed by atoms with Crippen molar-refractivity contribution < 1.29 is 0 Å². The number of rotatable bonds is 3. The molecule has 0 bridgehead atoms. The van der Waals surface area contributed by atoms with Crippen LogP contribution in [0.3, 0.4) is 0 Å². The molecule has 0 aliphatic heterocycles. The number of anilines is 3. The lowest BCUT2D eigenvalue weighted by Crippen LogP contribution is -2.15. The van der Waals surface area contributed by atoms with Crippen LogP contribution < -0.4 is 4.90 Å². The van der Waals surface area contributed by atoms with Gasteiger partial charge in [0.1, 0.15) is 0 Å². The Morgan fingerprint density at radius 1 is 0.344 bits per heavy atom. The van der Waals surface area contributed by atoms with Crippen molar-refractivity contribution in [1.82, 2.24) is 8.80 Å². The highest BCUT2D eigenvalue weighted by Crippen LogP contribution is 2.53. The van der Waals surface area contributed by atoms with Crippen molar-refractivity contribution >= 4 is 115 Å². The molecule has 3 heteroatoms. The van der Waals surface area contributed by atoms with E-state index in [0.29, 0.717) is 0 Å². The summed E-state index contributed by atoms with van der Waals surface area (Å²) in [6, 6.07) is 61.8. The summed E-state index contributed by atoms with van der Waals surface area (Å²) in [5.74, 6) is 0. The summed E-state index contributed by atoms with van der Waals surface area (Å²) >= 11 is 0. The molecule has 292 valence electrons. The first-order valence-electron chi connectivity index (χ1n) is 21.7. The Kier molecular flexibility index (Phi) is 6.72. The minimum Gasteiger partial charge on any atom is -0.308 e. The number of fused-ring (bicyclic) bond motifs is 17. The van der Waals surface area contributed by atoms with Gasteiger partial charge in [-0.05, 0) is 116 Å². The van der Waals surface area contributed by atoms with Crippen LogP contribution >= 0.6 is 0 Å². The van der Waals surface area contributed by atoms with E-state index in [-0.39, 0.29) is 10.8 Å². The Bertz CT molecular complexity index is 3890. The average Bonchev–Trinajstić information content (AvgIpc) is 3.99. The zero-order valence-electron chi connectivity index (χ0n) is 35.4. The van der Waals surface area contributed by atoms with Crippen LogP contribution in [0, 0.1) is 0 Å². The van der Waals surface area contributed by atoms with Gasteiger partial charge in [-0.3, -0.25) is 0 Å². The van der Waals surface area contributed by atoms with Gasteiger partial charge in [0, 0.05) is 54.5 Å². The predicted octanol–water partition coefficient (Wildman–Crippen LogP) is 16.4. The monoisotopic (exact) mass is 783 g/mol. The minimum absolute atomic E-state index is 0.0413. The first-order chi connectivity index (χ1) is 29.6. The normalized spacial score (nSPS) is 13.1. The van der Waals surface area contributed by atoms with Gasteiger partial charge in [-0.15, -0.1) is 0 Å². The quantitative estimate of drug-likeness (QED) is 0.174. The van der Waals surface area contributed by atoms with Crippen LogP contribution in [0.15, 0.2) is 164 Å². The molecule has 61 heavy (non-hydrogen) atoms. The number of nitrogens with zero attached hydrogens (tertiary/aromatic N) is 3. The van der Waals surface area contributed by atoms with Gasteiger partial charge in [-0.2, -0.15) is 0 Å².